The Hall–Kier alpha value is -1.98. The van der Waals surface area contributed by atoms with Crippen LogP contribution in [0.4, 0.5) is 0 Å². The minimum atomic E-state index is 0.477. The van der Waals surface area contributed by atoms with E-state index in [9.17, 15) is 0 Å². The van der Waals surface area contributed by atoms with Gasteiger partial charge in [-0.15, -0.1) is 0 Å². The number of hydrogen-bond donors (Lipinski definition) is 0. The molecule has 0 fully saturated rings. The molecule has 0 aliphatic rings. The third-order valence-electron chi connectivity index (χ3n) is 3.15. The van der Waals surface area contributed by atoms with E-state index in [-0.39, 0.29) is 0 Å². The Bertz CT molecular complexity index is 671. The van der Waals surface area contributed by atoms with Gasteiger partial charge in [0.2, 0.25) is 0 Å². The predicted molar refractivity (Wildman–Crippen MR) is 76.9 cm³/mol. The van der Waals surface area contributed by atoms with Gasteiger partial charge in [-0.1, -0.05) is 23.7 Å². The number of nitriles is 1. The Kier molecular flexibility index (Phi) is 3.78. The molecule has 0 saturated carbocycles. The molecule has 0 N–H and O–H groups in total. The van der Waals surface area contributed by atoms with Crippen molar-refractivity contribution < 1.29 is 4.74 Å². The fourth-order valence-corrected chi connectivity index (χ4v) is 2.03. The summed E-state index contributed by atoms with van der Waals surface area (Å²) in [4.78, 5) is 0. The maximum atomic E-state index is 9.11. The Morgan fingerprint density at radius 3 is 2.42 bits per heavy atom. The number of aryl methyl sites for hydroxylation is 2. The average molecular weight is 272 g/mol. The zero-order valence-electron chi connectivity index (χ0n) is 11.1. The van der Waals surface area contributed by atoms with Crippen molar-refractivity contribution in [2.75, 3.05) is 0 Å². The number of nitrogens with zero attached hydrogens (tertiary/aromatic N) is 1. The third-order valence-corrected chi connectivity index (χ3v) is 3.38. The highest BCUT2D eigenvalue weighted by Gasteiger charge is 2.11. The number of hydrogen-bond acceptors (Lipinski definition) is 2. The van der Waals surface area contributed by atoms with Crippen LogP contribution in [0.3, 0.4) is 0 Å². The number of halogens is 1. The standard InChI is InChI=1S/C16H14ClNO/c1-10-4-5-11(2)16(12(10)3)19-15-8-14(17)7-6-13(15)9-18/h4-8H,1-3H3. The summed E-state index contributed by atoms with van der Waals surface area (Å²) in [5.74, 6) is 1.28. The monoisotopic (exact) mass is 271 g/mol. The van der Waals surface area contributed by atoms with Gasteiger partial charge in [-0.2, -0.15) is 5.26 Å². The van der Waals surface area contributed by atoms with Gasteiger partial charge in [0.1, 0.15) is 17.6 Å². The van der Waals surface area contributed by atoms with Gasteiger partial charge >= 0.3 is 0 Å². The summed E-state index contributed by atoms with van der Waals surface area (Å²) in [5.41, 5.74) is 3.74. The second-order valence-electron chi connectivity index (χ2n) is 4.51. The smallest absolute Gasteiger partial charge is 0.146 e. The second-order valence-corrected chi connectivity index (χ2v) is 4.94. The molecule has 2 aromatic carbocycles. The first kappa shape index (κ1) is 13.5. The molecule has 0 aromatic heterocycles. The number of rotatable bonds is 2. The van der Waals surface area contributed by atoms with Gasteiger partial charge in [0, 0.05) is 11.1 Å². The molecule has 2 aromatic rings. The van der Waals surface area contributed by atoms with Crippen LogP contribution in [0, 0.1) is 32.1 Å². The molecule has 96 valence electrons. The molecule has 0 heterocycles. The van der Waals surface area contributed by atoms with Crippen LogP contribution >= 0.6 is 11.6 Å². The van der Waals surface area contributed by atoms with Crippen LogP contribution in [0.2, 0.25) is 5.02 Å². The van der Waals surface area contributed by atoms with Crippen LogP contribution in [-0.2, 0) is 0 Å². The van der Waals surface area contributed by atoms with Crippen molar-refractivity contribution in [2.24, 2.45) is 0 Å². The summed E-state index contributed by atoms with van der Waals surface area (Å²) < 4.78 is 5.92. The molecule has 19 heavy (non-hydrogen) atoms. The first-order chi connectivity index (χ1) is 9.02. The topological polar surface area (TPSA) is 33.0 Å². The van der Waals surface area contributed by atoms with Gasteiger partial charge in [0.15, 0.2) is 0 Å². The van der Waals surface area contributed by atoms with Crippen LogP contribution in [0.25, 0.3) is 0 Å². The molecule has 0 spiro atoms. The van der Waals surface area contributed by atoms with E-state index in [0.717, 1.165) is 22.4 Å². The van der Waals surface area contributed by atoms with Crippen LogP contribution in [-0.4, -0.2) is 0 Å². The molecular formula is C16H14ClNO. The molecule has 0 aliphatic heterocycles. The van der Waals surface area contributed by atoms with Crippen molar-refractivity contribution in [1.82, 2.24) is 0 Å². The maximum absolute atomic E-state index is 9.11. The van der Waals surface area contributed by atoms with Gasteiger partial charge in [0.25, 0.3) is 0 Å². The zero-order chi connectivity index (χ0) is 14.0. The van der Waals surface area contributed by atoms with Gasteiger partial charge < -0.3 is 4.74 Å². The summed E-state index contributed by atoms with van der Waals surface area (Å²) in [6, 6.07) is 11.2. The molecule has 2 nitrogen and oxygen atoms in total. The van der Waals surface area contributed by atoms with Gasteiger partial charge in [-0.05, 0) is 49.6 Å². The van der Waals surface area contributed by atoms with Crippen LogP contribution < -0.4 is 4.74 Å². The Morgan fingerprint density at radius 2 is 1.74 bits per heavy atom. The van der Waals surface area contributed by atoms with Crippen molar-refractivity contribution in [3.05, 3.63) is 57.6 Å². The maximum Gasteiger partial charge on any atom is 0.146 e. The Balaban J connectivity index is 2.51. The van der Waals surface area contributed by atoms with Crippen LogP contribution in [0.5, 0.6) is 11.5 Å². The van der Waals surface area contributed by atoms with Crippen molar-refractivity contribution in [3.8, 4) is 17.6 Å². The lowest BCUT2D eigenvalue weighted by Crippen LogP contribution is -1.95. The lowest BCUT2D eigenvalue weighted by molar-refractivity contribution is 0.473. The fraction of sp³-hybridized carbons (Fsp3) is 0.188. The van der Waals surface area contributed by atoms with Crippen LogP contribution in [0.15, 0.2) is 30.3 Å². The van der Waals surface area contributed by atoms with Crippen molar-refractivity contribution >= 4 is 11.6 Å². The van der Waals surface area contributed by atoms with E-state index in [0.29, 0.717) is 16.3 Å². The molecule has 0 unspecified atom stereocenters. The third kappa shape index (κ3) is 2.72. The Morgan fingerprint density at radius 1 is 1.05 bits per heavy atom. The van der Waals surface area contributed by atoms with E-state index < -0.39 is 0 Å². The first-order valence-corrected chi connectivity index (χ1v) is 6.35. The molecule has 0 radical (unpaired) electrons. The normalized spacial score (nSPS) is 10.1. The van der Waals surface area contributed by atoms with Crippen molar-refractivity contribution in [3.63, 3.8) is 0 Å². The summed E-state index contributed by atoms with van der Waals surface area (Å²) in [7, 11) is 0. The van der Waals surface area contributed by atoms with Gasteiger partial charge in [0.05, 0.1) is 5.56 Å². The lowest BCUT2D eigenvalue weighted by Gasteiger charge is -2.14. The molecule has 2 rings (SSSR count). The largest absolute Gasteiger partial charge is 0.455 e. The molecule has 0 aliphatic carbocycles. The molecular weight excluding hydrogens is 258 g/mol. The van der Waals surface area contributed by atoms with Crippen molar-refractivity contribution in [2.45, 2.75) is 20.8 Å². The predicted octanol–water partition coefficient (Wildman–Crippen LogP) is 4.93. The lowest BCUT2D eigenvalue weighted by atomic mass is 10.1. The minimum Gasteiger partial charge on any atom is -0.455 e. The molecule has 0 saturated heterocycles. The summed E-state index contributed by atoms with van der Waals surface area (Å²) in [5, 5.41) is 9.66. The molecule has 0 amide bonds. The highest BCUT2D eigenvalue weighted by molar-refractivity contribution is 6.30. The minimum absolute atomic E-state index is 0.477. The summed E-state index contributed by atoms with van der Waals surface area (Å²) in [6.07, 6.45) is 0. The second kappa shape index (κ2) is 5.34. The van der Waals surface area contributed by atoms with Gasteiger partial charge in [-0.25, -0.2) is 0 Å². The van der Waals surface area contributed by atoms with E-state index >= 15 is 0 Å². The van der Waals surface area contributed by atoms with E-state index in [4.69, 9.17) is 21.6 Å². The van der Waals surface area contributed by atoms with E-state index in [1.54, 1.807) is 18.2 Å². The number of benzene rings is 2. The molecule has 3 heteroatoms. The zero-order valence-corrected chi connectivity index (χ0v) is 11.9. The quantitative estimate of drug-likeness (QED) is 0.776. The molecule has 0 bridgehead atoms. The van der Waals surface area contributed by atoms with Crippen LogP contribution in [0.1, 0.15) is 22.3 Å². The first-order valence-electron chi connectivity index (χ1n) is 5.97. The summed E-state index contributed by atoms with van der Waals surface area (Å²) >= 11 is 5.96. The van der Waals surface area contributed by atoms with Gasteiger partial charge in [-0.3, -0.25) is 0 Å². The van der Waals surface area contributed by atoms with E-state index in [2.05, 4.69) is 12.1 Å². The molecule has 0 atom stereocenters. The highest BCUT2D eigenvalue weighted by atomic mass is 35.5. The van der Waals surface area contributed by atoms with E-state index in [1.807, 2.05) is 26.8 Å². The average Bonchev–Trinajstić information content (AvgIpc) is 2.39. The van der Waals surface area contributed by atoms with E-state index in [1.165, 1.54) is 0 Å². The number of ether oxygens (including phenoxy) is 1. The summed E-state index contributed by atoms with van der Waals surface area (Å²) in [6.45, 7) is 6.03. The fourth-order valence-electron chi connectivity index (χ4n) is 1.87. The SMILES string of the molecule is Cc1ccc(C)c(Oc2cc(Cl)ccc2C#N)c1C. The highest BCUT2D eigenvalue weighted by Crippen LogP contribution is 2.33. The van der Waals surface area contributed by atoms with Crippen molar-refractivity contribution in [1.29, 1.82) is 5.26 Å². The Labute approximate surface area is 118 Å².